The molecule has 0 unspecified atom stereocenters. The van der Waals surface area contributed by atoms with Gasteiger partial charge in [-0.15, -0.1) is 0 Å². The lowest BCUT2D eigenvalue weighted by atomic mass is 9.68. The third-order valence-electron chi connectivity index (χ3n) is 3.53. The Bertz CT molecular complexity index is 261. The van der Waals surface area contributed by atoms with Crippen LogP contribution in [0, 0.1) is 11.3 Å². The van der Waals surface area contributed by atoms with Gasteiger partial charge in [-0.1, -0.05) is 44.6 Å². The molecule has 0 saturated heterocycles. The molecular formula is C14H24O. The average molecular weight is 208 g/mol. The summed E-state index contributed by atoms with van der Waals surface area (Å²) in [5.41, 5.74) is 1.79. The quantitative estimate of drug-likeness (QED) is 0.701. The van der Waals surface area contributed by atoms with Crippen LogP contribution in [0.3, 0.4) is 0 Å². The minimum absolute atomic E-state index is 0.282. The molecule has 1 aliphatic carbocycles. The number of rotatable bonds is 3. The number of aliphatic hydroxyl groups is 1. The highest BCUT2D eigenvalue weighted by atomic mass is 16.3. The largest absolute Gasteiger partial charge is 0.389 e. The average Bonchev–Trinajstić information content (AvgIpc) is 2.15. The summed E-state index contributed by atoms with van der Waals surface area (Å²) in [5, 5.41) is 9.54. The van der Waals surface area contributed by atoms with Gasteiger partial charge < -0.3 is 5.11 Å². The van der Waals surface area contributed by atoms with E-state index in [4.69, 9.17) is 0 Å². The van der Waals surface area contributed by atoms with Gasteiger partial charge in [0.25, 0.3) is 0 Å². The summed E-state index contributed by atoms with van der Waals surface area (Å²) in [6, 6.07) is 0. The molecule has 1 N–H and O–H groups in total. The van der Waals surface area contributed by atoms with Crippen molar-refractivity contribution in [3.8, 4) is 0 Å². The second-order valence-electron chi connectivity index (χ2n) is 5.31. The van der Waals surface area contributed by atoms with Gasteiger partial charge in [-0.2, -0.15) is 0 Å². The van der Waals surface area contributed by atoms with Gasteiger partial charge in [0, 0.05) is 5.92 Å². The first kappa shape index (κ1) is 12.5. The summed E-state index contributed by atoms with van der Waals surface area (Å²) in [6.45, 7) is 8.84. The van der Waals surface area contributed by atoms with Crippen LogP contribution < -0.4 is 0 Å². The van der Waals surface area contributed by atoms with Crippen molar-refractivity contribution in [1.29, 1.82) is 0 Å². The van der Waals surface area contributed by atoms with Gasteiger partial charge in [0.05, 0.1) is 6.10 Å². The normalized spacial score (nSPS) is 27.8. The van der Waals surface area contributed by atoms with Gasteiger partial charge in [-0.25, -0.2) is 0 Å². The first-order valence-corrected chi connectivity index (χ1v) is 6.00. The van der Waals surface area contributed by atoms with Crippen LogP contribution in [0.2, 0.25) is 0 Å². The van der Waals surface area contributed by atoms with Crippen molar-refractivity contribution in [1.82, 2.24) is 0 Å². The third kappa shape index (κ3) is 3.20. The molecule has 0 spiro atoms. The monoisotopic (exact) mass is 208 g/mol. The van der Waals surface area contributed by atoms with E-state index in [1.807, 2.05) is 13.0 Å². The maximum absolute atomic E-state index is 9.54. The molecule has 0 amide bonds. The van der Waals surface area contributed by atoms with E-state index in [1.54, 1.807) is 0 Å². The maximum atomic E-state index is 9.54. The lowest BCUT2D eigenvalue weighted by Gasteiger charge is -2.36. The fourth-order valence-electron chi connectivity index (χ4n) is 2.36. The van der Waals surface area contributed by atoms with Crippen LogP contribution in [-0.4, -0.2) is 11.2 Å². The van der Waals surface area contributed by atoms with Crippen molar-refractivity contribution in [2.75, 3.05) is 0 Å². The summed E-state index contributed by atoms with van der Waals surface area (Å²) < 4.78 is 0. The van der Waals surface area contributed by atoms with E-state index in [1.165, 1.54) is 18.4 Å². The summed E-state index contributed by atoms with van der Waals surface area (Å²) in [7, 11) is 0. The topological polar surface area (TPSA) is 20.2 Å². The summed E-state index contributed by atoms with van der Waals surface area (Å²) >= 11 is 0. The van der Waals surface area contributed by atoms with E-state index in [0.29, 0.717) is 11.3 Å². The predicted molar refractivity (Wildman–Crippen MR) is 65.7 cm³/mol. The Morgan fingerprint density at radius 2 is 2.27 bits per heavy atom. The molecule has 1 nitrogen and oxygen atoms in total. The highest BCUT2D eigenvalue weighted by molar-refractivity contribution is 5.19. The van der Waals surface area contributed by atoms with Crippen molar-refractivity contribution in [2.45, 2.75) is 53.1 Å². The van der Waals surface area contributed by atoms with Crippen molar-refractivity contribution >= 4 is 0 Å². The minimum atomic E-state index is -0.282. The smallest absolute Gasteiger partial charge is 0.0718 e. The molecule has 1 rings (SSSR count). The molecule has 1 aliphatic rings. The second kappa shape index (κ2) is 4.98. The number of allylic oxidation sites excluding steroid dienone is 3. The lowest BCUT2D eigenvalue weighted by molar-refractivity contribution is 0.214. The molecule has 0 aliphatic heterocycles. The first-order valence-electron chi connectivity index (χ1n) is 6.00. The molecule has 0 aromatic carbocycles. The van der Waals surface area contributed by atoms with Crippen LogP contribution in [0.15, 0.2) is 23.8 Å². The van der Waals surface area contributed by atoms with Crippen molar-refractivity contribution < 1.29 is 5.11 Å². The number of aliphatic hydroxyl groups excluding tert-OH is 1. The highest BCUT2D eigenvalue weighted by Gasteiger charge is 2.30. The van der Waals surface area contributed by atoms with Crippen LogP contribution >= 0.6 is 0 Å². The Kier molecular flexibility index (Phi) is 4.15. The lowest BCUT2D eigenvalue weighted by Crippen LogP contribution is -2.26. The Morgan fingerprint density at radius 3 is 2.80 bits per heavy atom. The molecule has 86 valence electrons. The van der Waals surface area contributed by atoms with Gasteiger partial charge in [0.2, 0.25) is 0 Å². The van der Waals surface area contributed by atoms with E-state index in [9.17, 15) is 5.11 Å². The van der Waals surface area contributed by atoms with Gasteiger partial charge >= 0.3 is 0 Å². The minimum Gasteiger partial charge on any atom is -0.389 e. The Hall–Kier alpha value is -0.560. The molecular weight excluding hydrogens is 184 g/mol. The van der Waals surface area contributed by atoms with E-state index in [0.717, 1.165) is 6.42 Å². The van der Waals surface area contributed by atoms with Crippen molar-refractivity contribution in [2.24, 2.45) is 11.3 Å². The molecule has 2 atom stereocenters. The summed E-state index contributed by atoms with van der Waals surface area (Å²) in [4.78, 5) is 0. The van der Waals surface area contributed by atoms with E-state index < -0.39 is 0 Å². The van der Waals surface area contributed by atoms with E-state index >= 15 is 0 Å². The number of hydrogen-bond acceptors (Lipinski definition) is 1. The number of hydrogen-bond donors (Lipinski definition) is 1. The molecule has 0 fully saturated rings. The molecule has 0 aromatic rings. The van der Waals surface area contributed by atoms with Gasteiger partial charge in [0.1, 0.15) is 0 Å². The van der Waals surface area contributed by atoms with Crippen LogP contribution in [0.25, 0.3) is 0 Å². The summed E-state index contributed by atoms with van der Waals surface area (Å²) in [6.07, 6.45) is 9.43. The van der Waals surface area contributed by atoms with E-state index in [-0.39, 0.29) is 6.10 Å². The first-order chi connectivity index (χ1) is 6.97. The third-order valence-corrected chi connectivity index (χ3v) is 3.53. The molecule has 0 aromatic heterocycles. The Morgan fingerprint density at radius 1 is 1.60 bits per heavy atom. The fourth-order valence-corrected chi connectivity index (χ4v) is 2.36. The highest BCUT2D eigenvalue weighted by Crippen LogP contribution is 2.41. The molecule has 1 heteroatoms. The second-order valence-corrected chi connectivity index (χ2v) is 5.31. The SMILES string of the molecule is CC[C@@H](O)/C=C/[C@@H]1C(C)=CCCC1(C)C. The zero-order valence-electron chi connectivity index (χ0n) is 10.5. The van der Waals surface area contributed by atoms with E-state index in [2.05, 4.69) is 32.9 Å². The van der Waals surface area contributed by atoms with Crippen LogP contribution in [0.5, 0.6) is 0 Å². The molecule has 15 heavy (non-hydrogen) atoms. The van der Waals surface area contributed by atoms with Gasteiger partial charge in [0.15, 0.2) is 0 Å². The molecule has 0 bridgehead atoms. The van der Waals surface area contributed by atoms with Crippen LogP contribution in [0.1, 0.15) is 47.0 Å². The zero-order valence-corrected chi connectivity index (χ0v) is 10.5. The predicted octanol–water partition coefficient (Wildman–Crippen LogP) is 3.70. The van der Waals surface area contributed by atoms with Crippen molar-refractivity contribution in [3.63, 3.8) is 0 Å². The van der Waals surface area contributed by atoms with Crippen LogP contribution in [-0.2, 0) is 0 Å². The van der Waals surface area contributed by atoms with Gasteiger partial charge in [-0.3, -0.25) is 0 Å². The summed E-state index contributed by atoms with van der Waals surface area (Å²) in [5.74, 6) is 0.493. The Balaban J connectivity index is 2.76. The molecule has 0 heterocycles. The molecule has 0 radical (unpaired) electrons. The van der Waals surface area contributed by atoms with Gasteiger partial charge in [-0.05, 0) is 31.6 Å². The van der Waals surface area contributed by atoms with Crippen LogP contribution in [0.4, 0.5) is 0 Å². The zero-order chi connectivity index (χ0) is 11.5. The molecule has 0 saturated carbocycles. The fraction of sp³-hybridized carbons (Fsp3) is 0.714. The van der Waals surface area contributed by atoms with Crippen molar-refractivity contribution in [3.05, 3.63) is 23.8 Å². The standard InChI is InChI=1S/C14H24O/c1-5-12(15)8-9-13-11(2)7-6-10-14(13,3)4/h7-9,12-13,15H,5-6,10H2,1-4H3/b9-8+/t12-,13-/m1/s1. The maximum Gasteiger partial charge on any atom is 0.0718 e. The Labute approximate surface area is 93.9 Å².